The molecule has 1 atom stereocenters. The zero-order valence-corrected chi connectivity index (χ0v) is 8.84. The van der Waals surface area contributed by atoms with Gasteiger partial charge in [-0.25, -0.2) is 0 Å². The standard InChI is InChI=1S/C11H23NO/c1-2-11(6-10-13)5-9-12-7-3-4-8-12/h11,13H,2-10H2,1H3. The van der Waals surface area contributed by atoms with E-state index in [0.29, 0.717) is 6.61 Å². The summed E-state index contributed by atoms with van der Waals surface area (Å²) in [6.07, 6.45) is 6.25. The summed E-state index contributed by atoms with van der Waals surface area (Å²) >= 11 is 0. The van der Waals surface area contributed by atoms with E-state index in [9.17, 15) is 0 Å². The predicted octanol–water partition coefficient (Wildman–Crippen LogP) is 1.88. The number of aliphatic hydroxyl groups excluding tert-OH is 1. The van der Waals surface area contributed by atoms with E-state index < -0.39 is 0 Å². The Bertz CT molecular complexity index is 121. The van der Waals surface area contributed by atoms with E-state index in [1.807, 2.05) is 0 Å². The summed E-state index contributed by atoms with van der Waals surface area (Å²) in [6, 6.07) is 0. The van der Waals surface area contributed by atoms with Crippen LogP contribution in [0.5, 0.6) is 0 Å². The molecule has 0 amide bonds. The Kier molecular flexibility index (Phi) is 5.40. The highest BCUT2D eigenvalue weighted by Crippen LogP contribution is 2.15. The molecule has 0 bridgehead atoms. The van der Waals surface area contributed by atoms with E-state index >= 15 is 0 Å². The Hall–Kier alpha value is -0.0800. The maximum absolute atomic E-state index is 8.85. The molecular weight excluding hydrogens is 162 g/mol. The second kappa shape index (κ2) is 6.39. The van der Waals surface area contributed by atoms with E-state index in [1.165, 1.54) is 45.3 Å². The Morgan fingerprint density at radius 3 is 2.46 bits per heavy atom. The van der Waals surface area contributed by atoms with Crippen molar-refractivity contribution in [2.75, 3.05) is 26.2 Å². The lowest BCUT2D eigenvalue weighted by molar-refractivity contribution is 0.231. The van der Waals surface area contributed by atoms with Gasteiger partial charge in [0.25, 0.3) is 0 Å². The Morgan fingerprint density at radius 1 is 1.23 bits per heavy atom. The molecule has 1 heterocycles. The van der Waals surface area contributed by atoms with Crippen molar-refractivity contribution >= 4 is 0 Å². The first-order valence-electron chi connectivity index (χ1n) is 5.70. The van der Waals surface area contributed by atoms with E-state index in [1.54, 1.807) is 0 Å². The van der Waals surface area contributed by atoms with Gasteiger partial charge in [0.1, 0.15) is 0 Å². The van der Waals surface area contributed by atoms with Crippen molar-refractivity contribution in [3.63, 3.8) is 0 Å². The molecule has 1 fully saturated rings. The van der Waals surface area contributed by atoms with E-state index in [2.05, 4.69) is 11.8 Å². The van der Waals surface area contributed by atoms with Crippen molar-refractivity contribution in [3.8, 4) is 0 Å². The molecule has 2 nitrogen and oxygen atoms in total. The fraction of sp³-hybridized carbons (Fsp3) is 1.00. The lowest BCUT2D eigenvalue weighted by atomic mass is 9.99. The fourth-order valence-corrected chi connectivity index (χ4v) is 2.11. The molecular formula is C11H23NO. The van der Waals surface area contributed by atoms with Crippen molar-refractivity contribution in [3.05, 3.63) is 0 Å². The molecule has 0 spiro atoms. The molecule has 1 aliphatic heterocycles. The van der Waals surface area contributed by atoms with Gasteiger partial charge in [-0.15, -0.1) is 0 Å². The maximum Gasteiger partial charge on any atom is 0.0433 e. The summed E-state index contributed by atoms with van der Waals surface area (Å²) in [5, 5.41) is 8.85. The maximum atomic E-state index is 8.85. The van der Waals surface area contributed by atoms with E-state index in [0.717, 1.165) is 12.3 Å². The zero-order chi connectivity index (χ0) is 9.52. The van der Waals surface area contributed by atoms with Gasteiger partial charge in [-0.2, -0.15) is 0 Å². The van der Waals surface area contributed by atoms with Gasteiger partial charge in [-0.3, -0.25) is 0 Å². The summed E-state index contributed by atoms with van der Waals surface area (Å²) in [4.78, 5) is 2.56. The normalized spacial score (nSPS) is 20.8. The van der Waals surface area contributed by atoms with Gasteiger partial charge < -0.3 is 10.0 Å². The summed E-state index contributed by atoms with van der Waals surface area (Å²) in [5.74, 6) is 0.741. The highest BCUT2D eigenvalue weighted by Gasteiger charge is 2.13. The minimum atomic E-state index is 0.360. The molecule has 0 aromatic rings. The van der Waals surface area contributed by atoms with Crippen LogP contribution in [0.2, 0.25) is 0 Å². The van der Waals surface area contributed by atoms with Crippen LogP contribution in [0.3, 0.4) is 0 Å². The minimum absolute atomic E-state index is 0.360. The molecule has 1 saturated heterocycles. The molecule has 0 radical (unpaired) electrons. The van der Waals surface area contributed by atoms with Gasteiger partial charge in [0.2, 0.25) is 0 Å². The average molecular weight is 185 g/mol. The second-order valence-electron chi connectivity index (χ2n) is 4.12. The van der Waals surface area contributed by atoms with Crippen LogP contribution in [0.25, 0.3) is 0 Å². The molecule has 1 unspecified atom stereocenters. The van der Waals surface area contributed by atoms with Crippen LogP contribution in [0.4, 0.5) is 0 Å². The molecule has 0 aromatic heterocycles. The molecule has 13 heavy (non-hydrogen) atoms. The van der Waals surface area contributed by atoms with Gasteiger partial charge in [-0.1, -0.05) is 13.3 Å². The lowest BCUT2D eigenvalue weighted by Gasteiger charge is -2.19. The quantitative estimate of drug-likeness (QED) is 0.683. The average Bonchev–Trinajstić information content (AvgIpc) is 2.64. The van der Waals surface area contributed by atoms with Crippen LogP contribution in [0.15, 0.2) is 0 Å². The molecule has 78 valence electrons. The van der Waals surface area contributed by atoms with Crippen LogP contribution >= 0.6 is 0 Å². The van der Waals surface area contributed by atoms with Crippen molar-refractivity contribution < 1.29 is 5.11 Å². The topological polar surface area (TPSA) is 23.5 Å². The monoisotopic (exact) mass is 185 g/mol. The van der Waals surface area contributed by atoms with Gasteiger partial charge >= 0.3 is 0 Å². The van der Waals surface area contributed by atoms with Crippen LogP contribution in [-0.4, -0.2) is 36.2 Å². The van der Waals surface area contributed by atoms with Crippen molar-refractivity contribution in [1.29, 1.82) is 0 Å². The zero-order valence-electron chi connectivity index (χ0n) is 8.84. The number of nitrogens with zero attached hydrogens (tertiary/aromatic N) is 1. The smallest absolute Gasteiger partial charge is 0.0433 e. The molecule has 0 aromatic carbocycles. The third-order valence-electron chi connectivity index (χ3n) is 3.17. The lowest BCUT2D eigenvalue weighted by Crippen LogP contribution is -2.22. The number of aliphatic hydroxyl groups is 1. The molecule has 0 saturated carbocycles. The molecule has 2 heteroatoms. The number of likely N-dealkylation sites (tertiary alicyclic amines) is 1. The van der Waals surface area contributed by atoms with Gasteiger partial charge in [0.15, 0.2) is 0 Å². The summed E-state index contributed by atoms with van der Waals surface area (Å²) in [6.45, 7) is 6.44. The summed E-state index contributed by atoms with van der Waals surface area (Å²) < 4.78 is 0. The summed E-state index contributed by atoms with van der Waals surface area (Å²) in [5.41, 5.74) is 0. The van der Waals surface area contributed by atoms with Crippen LogP contribution in [0, 0.1) is 5.92 Å². The Morgan fingerprint density at radius 2 is 1.92 bits per heavy atom. The highest BCUT2D eigenvalue weighted by molar-refractivity contribution is 4.68. The predicted molar refractivity (Wildman–Crippen MR) is 55.8 cm³/mol. The molecule has 0 aliphatic carbocycles. The summed E-state index contributed by atoms with van der Waals surface area (Å²) in [7, 11) is 0. The van der Waals surface area contributed by atoms with Crippen molar-refractivity contribution in [2.24, 2.45) is 5.92 Å². The minimum Gasteiger partial charge on any atom is -0.396 e. The first kappa shape index (κ1) is 11.0. The third-order valence-corrected chi connectivity index (χ3v) is 3.17. The highest BCUT2D eigenvalue weighted by atomic mass is 16.3. The molecule has 1 aliphatic rings. The first-order valence-corrected chi connectivity index (χ1v) is 5.70. The number of hydrogen-bond donors (Lipinski definition) is 1. The SMILES string of the molecule is CCC(CCO)CCN1CCCC1. The van der Waals surface area contributed by atoms with Crippen LogP contribution in [-0.2, 0) is 0 Å². The Balaban J connectivity index is 2.07. The molecule has 1 rings (SSSR count). The van der Waals surface area contributed by atoms with Gasteiger partial charge in [0.05, 0.1) is 0 Å². The Labute approximate surface area is 81.9 Å². The first-order chi connectivity index (χ1) is 6.36. The third kappa shape index (κ3) is 4.10. The number of hydrogen-bond acceptors (Lipinski definition) is 2. The van der Waals surface area contributed by atoms with Gasteiger partial charge in [0, 0.05) is 6.61 Å². The van der Waals surface area contributed by atoms with Crippen molar-refractivity contribution in [2.45, 2.75) is 39.0 Å². The second-order valence-corrected chi connectivity index (χ2v) is 4.12. The fourth-order valence-electron chi connectivity index (χ4n) is 2.11. The molecule has 1 N–H and O–H groups in total. The van der Waals surface area contributed by atoms with E-state index in [-0.39, 0.29) is 0 Å². The van der Waals surface area contributed by atoms with Gasteiger partial charge in [-0.05, 0) is 51.2 Å². The van der Waals surface area contributed by atoms with E-state index in [4.69, 9.17) is 5.11 Å². The van der Waals surface area contributed by atoms with Crippen LogP contribution < -0.4 is 0 Å². The number of rotatable bonds is 6. The van der Waals surface area contributed by atoms with Crippen LogP contribution in [0.1, 0.15) is 39.0 Å². The largest absolute Gasteiger partial charge is 0.396 e. The van der Waals surface area contributed by atoms with Crippen molar-refractivity contribution in [1.82, 2.24) is 4.90 Å².